The maximum absolute atomic E-state index is 13.4. The van der Waals surface area contributed by atoms with Gasteiger partial charge in [0.1, 0.15) is 12.1 Å². The number of carbonyl (C=O) groups is 3. The summed E-state index contributed by atoms with van der Waals surface area (Å²) >= 11 is 6.04. The van der Waals surface area contributed by atoms with E-state index in [2.05, 4.69) is 15.5 Å². The van der Waals surface area contributed by atoms with Gasteiger partial charge < -0.3 is 19.9 Å². The number of ether oxygens (including phenoxy) is 1. The maximum atomic E-state index is 13.4. The summed E-state index contributed by atoms with van der Waals surface area (Å²) in [6, 6.07) is -1.77. The number of alkyl halides is 3. The van der Waals surface area contributed by atoms with Crippen LogP contribution in [0.15, 0.2) is 6.20 Å². The highest BCUT2D eigenvalue weighted by Crippen LogP contribution is 2.47. The zero-order chi connectivity index (χ0) is 28.6. The monoisotopic (exact) mass is 573 g/mol. The molecule has 0 spiro atoms. The van der Waals surface area contributed by atoms with E-state index in [1.165, 1.54) is 17.8 Å². The summed E-state index contributed by atoms with van der Waals surface area (Å²) < 4.78 is 47.8. The lowest BCUT2D eigenvalue weighted by molar-refractivity contribution is -0.141. The lowest BCUT2D eigenvalue weighted by atomic mass is 10.2. The standard InChI is InChI=1S/C24H31ClF3N7O4/c1-5-39-23(38)33-10-8-32(9-11-33)22(37)15(4)34-12-17(13(2)30-34)29-21(36)14(3)35-19(16-6-7-16)18(25)20(31-35)24(26,27)28/h12,14-16H,5-11H2,1-4H3,(H,29,36). The molecule has 2 atom stereocenters. The first-order valence-corrected chi connectivity index (χ1v) is 13.1. The Morgan fingerprint density at radius 1 is 1.10 bits per heavy atom. The van der Waals surface area contributed by atoms with Gasteiger partial charge in [0.15, 0.2) is 5.69 Å². The molecule has 0 bridgehead atoms. The number of piperazine rings is 1. The zero-order valence-electron chi connectivity index (χ0n) is 22.1. The van der Waals surface area contributed by atoms with Crippen LogP contribution in [0, 0.1) is 6.92 Å². The number of amides is 3. The Morgan fingerprint density at radius 3 is 2.28 bits per heavy atom. The molecular formula is C24H31ClF3N7O4. The van der Waals surface area contributed by atoms with E-state index in [9.17, 15) is 27.6 Å². The highest BCUT2D eigenvalue weighted by molar-refractivity contribution is 6.32. The van der Waals surface area contributed by atoms with Gasteiger partial charge in [-0.25, -0.2) is 4.79 Å². The Hall–Kier alpha value is -3.29. The first kappa shape index (κ1) is 28.7. The molecule has 11 nitrogen and oxygen atoms in total. The molecule has 3 amide bonds. The number of aryl methyl sites for hydroxylation is 1. The predicted molar refractivity (Wildman–Crippen MR) is 134 cm³/mol. The van der Waals surface area contributed by atoms with Crippen LogP contribution in [0.2, 0.25) is 5.02 Å². The Labute approximate surface area is 228 Å². The number of hydrogen-bond donors (Lipinski definition) is 1. The molecule has 2 aliphatic rings. The van der Waals surface area contributed by atoms with Gasteiger partial charge in [-0.1, -0.05) is 11.6 Å². The van der Waals surface area contributed by atoms with Crippen molar-refractivity contribution in [3.63, 3.8) is 0 Å². The number of halogens is 4. The van der Waals surface area contributed by atoms with E-state index in [0.717, 1.165) is 4.68 Å². The van der Waals surface area contributed by atoms with E-state index in [1.807, 2.05) is 0 Å². The second-order valence-corrected chi connectivity index (χ2v) is 10.1. The Balaban J connectivity index is 1.43. The molecule has 1 aliphatic carbocycles. The van der Waals surface area contributed by atoms with Crippen LogP contribution in [0.5, 0.6) is 0 Å². The maximum Gasteiger partial charge on any atom is 0.436 e. The fourth-order valence-corrected chi connectivity index (χ4v) is 4.87. The van der Waals surface area contributed by atoms with Gasteiger partial charge in [-0.3, -0.25) is 19.0 Å². The molecule has 4 rings (SSSR count). The third-order valence-electron chi connectivity index (χ3n) is 6.91. The summed E-state index contributed by atoms with van der Waals surface area (Å²) in [6.07, 6.45) is -2.30. The molecule has 1 aliphatic heterocycles. The topological polar surface area (TPSA) is 115 Å². The van der Waals surface area contributed by atoms with Crippen molar-refractivity contribution < 1.29 is 32.3 Å². The van der Waals surface area contributed by atoms with Crippen molar-refractivity contribution in [2.45, 2.75) is 64.7 Å². The van der Waals surface area contributed by atoms with Crippen molar-refractivity contribution >= 4 is 35.2 Å². The van der Waals surface area contributed by atoms with Crippen LogP contribution in [-0.4, -0.2) is 80.1 Å². The fraction of sp³-hybridized carbons (Fsp3) is 0.625. The van der Waals surface area contributed by atoms with Crippen LogP contribution >= 0.6 is 11.6 Å². The number of anilines is 1. The highest BCUT2D eigenvalue weighted by Gasteiger charge is 2.43. The Bertz CT molecular complexity index is 1250. The van der Waals surface area contributed by atoms with Gasteiger partial charge in [0.05, 0.1) is 28.7 Å². The number of nitrogens with zero attached hydrogens (tertiary/aromatic N) is 6. The van der Waals surface area contributed by atoms with Crippen LogP contribution < -0.4 is 5.32 Å². The van der Waals surface area contributed by atoms with Gasteiger partial charge in [0, 0.05) is 38.3 Å². The molecule has 2 fully saturated rings. The van der Waals surface area contributed by atoms with E-state index in [0.29, 0.717) is 50.4 Å². The Kier molecular flexibility index (Phi) is 8.14. The SMILES string of the molecule is CCOC(=O)N1CCN(C(=O)C(C)n2cc(NC(=O)C(C)n3nc(C(F)(F)F)c(Cl)c3C3CC3)c(C)n2)CC1. The van der Waals surface area contributed by atoms with Gasteiger partial charge in [0.2, 0.25) is 11.8 Å². The first-order chi connectivity index (χ1) is 18.3. The fourth-order valence-electron chi connectivity index (χ4n) is 4.48. The van der Waals surface area contributed by atoms with Crippen LogP contribution in [-0.2, 0) is 20.5 Å². The van der Waals surface area contributed by atoms with Crippen LogP contribution in [0.25, 0.3) is 0 Å². The van der Waals surface area contributed by atoms with E-state index in [4.69, 9.17) is 16.3 Å². The molecule has 1 saturated heterocycles. The highest BCUT2D eigenvalue weighted by atomic mass is 35.5. The van der Waals surface area contributed by atoms with E-state index in [1.54, 1.807) is 30.6 Å². The van der Waals surface area contributed by atoms with Crippen molar-refractivity contribution in [1.82, 2.24) is 29.4 Å². The molecule has 2 aromatic heterocycles. The molecule has 214 valence electrons. The normalized spacial score (nSPS) is 17.6. The predicted octanol–water partition coefficient (Wildman–Crippen LogP) is 4.00. The zero-order valence-corrected chi connectivity index (χ0v) is 22.8. The van der Waals surface area contributed by atoms with Gasteiger partial charge in [-0.2, -0.15) is 23.4 Å². The van der Waals surface area contributed by atoms with Gasteiger partial charge in [-0.15, -0.1) is 0 Å². The van der Waals surface area contributed by atoms with Gasteiger partial charge >= 0.3 is 12.3 Å². The number of nitrogens with one attached hydrogen (secondary N) is 1. The third kappa shape index (κ3) is 5.99. The summed E-state index contributed by atoms with van der Waals surface area (Å²) in [7, 11) is 0. The second-order valence-electron chi connectivity index (χ2n) is 9.73. The lowest BCUT2D eigenvalue weighted by Crippen LogP contribution is -2.52. The molecule has 39 heavy (non-hydrogen) atoms. The Morgan fingerprint density at radius 2 is 1.72 bits per heavy atom. The number of carbonyl (C=O) groups excluding carboxylic acids is 3. The first-order valence-electron chi connectivity index (χ1n) is 12.8. The van der Waals surface area contributed by atoms with E-state index in [-0.39, 0.29) is 24.1 Å². The third-order valence-corrected chi connectivity index (χ3v) is 7.28. The lowest BCUT2D eigenvalue weighted by Gasteiger charge is -2.35. The molecule has 0 radical (unpaired) electrons. The average Bonchev–Trinajstić information content (AvgIpc) is 3.57. The molecule has 15 heteroatoms. The average molecular weight is 574 g/mol. The van der Waals surface area contributed by atoms with Gasteiger partial charge in [-0.05, 0) is 40.5 Å². The minimum Gasteiger partial charge on any atom is -0.450 e. The molecule has 1 saturated carbocycles. The summed E-state index contributed by atoms with van der Waals surface area (Å²) in [5.41, 5.74) is -0.244. The molecule has 2 unspecified atom stereocenters. The smallest absolute Gasteiger partial charge is 0.436 e. The van der Waals surface area contributed by atoms with Crippen molar-refractivity contribution in [2.24, 2.45) is 0 Å². The molecule has 0 aromatic carbocycles. The van der Waals surface area contributed by atoms with Crippen molar-refractivity contribution in [3.05, 3.63) is 28.3 Å². The van der Waals surface area contributed by atoms with Crippen molar-refractivity contribution in [2.75, 3.05) is 38.1 Å². The van der Waals surface area contributed by atoms with E-state index >= 15 is 0 Å². The minimum absolute atomic E-state index is 0.174. The van der Waals surface area contributed by atoms with Crippen molar-refractivity contribution in [1.29, 1.82) is 0 Å². The summed E-state index contributed by atoms with van der Waals surface area (Å²) in [5, 5.41) is 10.2. The molecule has 2 aromatic rings. The number of aromatic nitrogens is 4. The summed E-state index contributed by atoms with van der Waals surface area (Å²) in [5.74, 6) is -0.972. The second kappa shape index (κ2) is 11.1. The number of rotatable bonds is 7. The quantitative estimate of drug-likeness (QED) is 0.535. The van der Waals surface area contributed by atoms with Crippen LogP contribution in [0.4, 0.5) is 23.7 Å². The largest absolute Gasteiger partial charge is 0.450 e. The van der Waals surface area contributed by atoms with E-state index < -0.39 is 41.0 Å². The minimum atomic E-state index is -4.74. The molecule has 3 heterocycles. The summed E-state index contributed by atoms with van der Waals surface area (Å²) in [4.78, 5) is 41.2. The van der Waals surface area contributed by atoms with Crippen LogP contribution in [0.1, 0.15) is 68.7 Å². The molecule has 1 N–H and O–H groups in total. The molecular weight excluding hydrogens is 543 g/mol. The summed E-state index contributed by atoms with van der Waals surface area (Å²) in [6.45, 7) is 8.17. The van der Waals surface area contributed by atoms with Crippen LogP contribution in [0.3, 0.4) is 0 Å². The van der Waals surface area contributed by atoms with Crippen molar-refractivity contribution in [3.8, 4) is 0 Å². The van der Waals surface area contributed by atoms with Gasteiger partial charge in [0.25, 0.3) is 0 Å². The number of hydrogen-bond acceptors (Lipinski definition) is 6.